The van der Waals surface area contributed by atoms with Crippen molar-refractivity contribution in [3.8, 4) is 5.75 Å². The minimum absolute atomic E-state index is 0.183. The maximum absolute atomic E-state index is 12.3. The van der Waals surface area contributed by atoms with Crippen molar-refractivity contribution in [1.29, 1.82) is 0 Å². The maximum atomic E-state index is 12.3. The minimum atomic E-state index is -0.437. The van der Waals surface area contributed by atoms with Crippen LogP contribution in [0.15, 0.2) is 54.9 Å². The van der Waals surface area contributed by atoms with Crippen molar-refractivity contribution in [3.05, 3.63) is 60.4 Å². The largest absolute Gasteiger partial charge is 0.490 e. The lowest BCUT2D eigenvalue weighted by molar-refractivity contribution is -0.688. The Hall–Kier alpha value is -2.56. The number of ether oxygens (including phenoxy) is 2. The van der Waals surface area contributed by atoms with Crippen LogP contribution in [0.25, 0.3) is 0 Å². The Labute approximate surface area is 186 Å². The van der Waals surface area contributed by atoms with E-state index in [0.29, 0.717) is 5.92 Å². The first-order chi connectivity index (χ1) is 14.7. The van der Waals surface area contributed by atoms with E-state index in [4.69, 9.17) is 9.47 Å². The van der Waals surface area contributed by atoms with E-state index in [-0.39, 0.29) is 17.6 Å². The van der Waals surface area contributed by atoms with E-state index in [1.807, 2.05) is 31.7 Å². The molecule has 5 heteroatoms. The first-order valence-corrected chi connectivity index (χ1v) is 11.4. The van der Waals surface area contributed by atoms with E-state index >= 15 is 0 Å². The highest BCUT2D eigenvalue weighted by molar-refractivity contribution is 5.69. The van der Waals surface area contributed by atoms with Gasteiger partial charge in [0.25, 0.3) is 0 Å². The number of benzene rings is 1. The normalized spacial score (nSPS) is 22.6. The third kappa shape index (κ3) is 5.38. The second-order valence-corrected chi connectivity index (χ2v) is 10.4. The van der Waals surface area contributed by atoms with Crippen LogP contribution in [0.2, 0.25) is 0 Å². The van der Waals surface area contributed by atoms with Crippen LogP contribution in [0.3, 0.4) is 0 Å². The fraction of sp³-hybridized carbons (Fsp3) is 0.538. The van der Waals surface area contributed by atoms with Crippen molar-refractivity contribution in [3.63, 3.8) is 0 Å². The summed E-state index contributed by atoms with van der Waals surface area (Å²) in [4.78, 5) is 14.1. The van der Waals surface area contributed by atoms with Crippen LogP contribution in [0.4, 0.5) is 4.79 Å². The number of aromatic nitrogens is 1. The van der Waals surface area contributed by atoms with Crippen molar-refractivity contribution in [2.75, 3.05) is 13.1 Å². The summed E-state index contributed by atoms with van der Waals surface area (Å²) in [6.07, 6.45) is 7.44. The number of likely N-dealkylation sites (tertiary alicyclic amines) is 1. The van der Waals surface area contributed by atoms with Crippen molar-refractivity contribution in [1.82, 2.24) is 4.90 Å². The number of nitrogens with zero attached hydrogens (tertiary/aromatic N) is 2. The zero-order valence-corrected chi connectivity index (χ0v) is 19.2. The number of carbonyl (C=O) groups is 1. The van der Waals surface area contributed by atoms with Gasteiger partial charge in [-0.3, -0.25) is 0 Å². The van der Waals surface area contributed by atoms with Gasteiger partial charge in [0.15, 0.2) is 18.9 Å². The predicted molar refractivity (Wildman–Crippen MR) is 120 cm³/mol. The molecule has 166 valence electrons. The molecule has 31 heavy (non-hydrogen) atoms. The summed E-state index contributed by atoms with van der Waals surface area (Å²) in [7, 11) is 0. The summed E-state index contributed by atoms with van der Waals surface area (Å²) in [6.45, 7) is 10.5. The van der Waals surface area contributed by atoms with Crippen molar-refractivity contribution >= 4 is 6.09 Å². The van der Waals surface area contributed by atoms with Crippen molar-refractivity contribution in [2.24, 2.45) is 11.3 Å². The van der Waals surface area contributed by atoms with Gasteiger partial charge in [0.1, 0.15) is 17.5 Å². The first kappa shape index (κ1) is 21.7. The molecule has 1 saturated carbocycles. The molecule has 1 spiro atoms. The Morgan fingerprint density at radius 3 is 2.42 bits per heavy atom. The van der Waals surface area contributed by atoms with E-state index in [9.17, 15) is 4.79 Å². The number of hydrogen-bond donors (Lipinski definition) is 0. The molecular formula is C26H35N2O3+. The summed E-state index contributed by atoms with van der Waals surface area (Å²) < 4.78 is 14.0. The lowest BCUT2D eigenvalue weighted by Crippen LogP contribution is -2.61. The standard InChI is InChI=1S/C26H35N2O3/c1-20-16-26(18-28(19-26)24(29)31-25(2,3)4)13-10-23(20)30-22-11-14-27(15-12-22)17-21-8-6-5-7-9-21/h5-9,11-12,14-15,20,23H,10,13,16-19H2,1-4H3/q+1/t20-,23-/m1/s1. The third-order valence-electron chi connectivity index (χ3n) is 6.41. The second-order valence-electron chi connectivity index (χ2n) is 10.4. The van der Waals surface area contributed by atoms with E-state index in [2.05, 4.69) is 60.3 Å². The minimum Gasteiger partial charge on any atom is -0.490 e. The Bertz CT molecular complexity index is 883. The molecule has 2 atom stereocenters. The van der Waals surface area contributed by atoms with Crippen LogP contribution in [0, 0.1) is 11.3 Å². The number of rotatable bonds is 4. The summed E-state index contributed by atoms with van der Waals surface area (Å²) in [5.41, 5.74) is 1.09. The number of hydrogen-bond acceptors (Lipinski definition) is 3. The van der Waals surface area contributed by atoms with Crippen LogP contribution in [0.5, 0.6) is 5.75 Å². The molecule has 0 N–H and O–H groups in total. The molecular weight excluding hydrogens is 388 g/mol. The quantitative estimate of drug-likeness (QED) is 0.662. The molecule has 2 fully saturated rings. The summed E-state index contributed by atoms with van der Waals surface area (Å²) in [6, 6.07) is 14.6. The molecule has 1 saturated heterocycles. The van der Waals surface area contributed by atoms with Gasteiger partial charge in [-0.25, -0.2) is 9.36 Å². The van der Waals surface area contributed by atoms with Gasteiger partial charge in [-0.2, -0.15) is 0 Å². The molecule has 2 aliphatic rings. The highest BCUT2D eigenvalue weighted by Gasteiger charge is 2.50. The maximum Gasteiger partial charge on any atom is 0.410 e. The third-order valence-corrected chi connectivity index (χ3v) is 6.41. The van der Waals surface area contributed by atoms with Gasteiger partial charge in [0, 0.05) is 36.2 Å². The van der Waals surface area contributed by atoms with Gasteiger partial charge in [-0.05, 0) is 46.0 Å². The topological polar surface area (TPSA) is 42.7 Å². The van der Waals surface area contributed by atoms with Gasteiger partial charge in [-0.15, -0.1) is 0 Å². The summed E-state index contributed by atoms with van der Waals surface area (Å²) in [5.74, 6) is 1.40. The van der Waals surface area contributed by atoms with Crippen molar-refractivity contribution in [2.45, 2.75) is 65.2 Å². The number of amides is 1. The molecule has 0 radical (unpaired) electrons. The molecule has 1 aromatic heterocycles. The van der Waals surface area contributed by atoms with E-state index in [1.54, 1.807) is 0 Å². The van der Waals surface area contributed by atoms with Crippen molar-refractivity contribution < 1.29 is 18.8 Å². The van der Waals surface area contributed by atoms with Gasteiger partial charge in [0.2, 0.25) is 0 Å². The van der Waals surface area contributed by atoms with Crippen LogP contribution in [-0.4, -0.2) is 35.8 Å². The van der Waals surface area contributed by atoms with Gasteiger partial charge in [-0.1, -0.05) is 37.3 Å². The fourth-order valence-corrected chi connectivity index (χ4v) is 4.93. The van der Waals surface area contributed by atoms with Gasteiger partial charge < -0.3 is 14.4 Å². The molecule has 2 heterocycles. The molecule has 1 aromatic carbocycles. The molecule has 4 rings (SSSR count). The number of carbonyl (C=O) groups excluding carboxylic acids is 1. The monoisotopic (exact) mass is 423 g/mol. The van der Waals surface area contributed by atoms with E-state index in [1.165, 1.54) is 5.56 Å². The molecule has 1 aliphatic carbocycles. The first-order valence-electron chi connectivity index (χ1n) is 11.4. The number of pyridine rings is 1. The Balaban J connectivity index is 1.27. The van der Waals surface area contributed by atoms with E-state index < -0.39 is 5.60 Å². The van der Waals surface area contributed by atoms with Gasteiger partial charge >= 0.3 is 6.09 Å². The SMILES string of the molecule is C[C@@H]1CC2(CC[C@H]1Oc1cc[n+](Cc3ccccc3)cc1)CN(C(=O)OC(C)(C)C)C2. The lowest BCUT2D eigenvalue weighted by atomic mass is 9.64. The van der Waals surface area contributed by atoms with E-state index in [0.717, 1.165) is 44.6 Å². The highest BCUT2D eigenvalue weighted by Crippen LogP contribution is 2.47. The van der Waals surface area contributed by atoms with Crippen LogP contribution in [-0.2, 0) is 11.3 Å². The smallest absolute Gasteiger partial charge is 0.410 e. The average Bonchev–Trinajstić information content (AvgIpc) is 2.68. The molecule has 0 bridgehead atoms. The Morgan fingerprint density at radius 2 is 1.81 bits per heavy atom. The van der Waals surface area contributed by atoms with Crippen LogP contribution >= 0.6 is 0 Å². The molecule has 1 aliphatic heterocycles. The van der Waals surface area contributed by atoms with Crippen LogP contribution < -0.4 is 9.30 Å². The van der Waals surface area contributed by atoms with Gasteiger partial charge in [0.05, 0.1) is 0 Å². The summed E-state index contributed by atoms with van der Waals surface area (Å²) in [5, 5.41) is 0. The molecule has 1 amide bonds. The molecule has 2 aromatic rings. The Morgan fingerprint density at radius 1 is 1.13 bits per heavy atom. The lowest BCUT2D eigenvalue weighted by Gasteiger charge is -2.54. The molecule has 5 nitrogen and oxygen atoms in total. The highest BCUT2D eigenvalue weighted by atomic mass is 16.6. The average molecular weight is 424 g/mol. The summed E-state index contributed by atoms with van der Waals surface area (Å²) >= 11 is 0. The predicted octanol–water partition coefficient (Wildman–Crippen LogP) is 4.83. The second kappa shape index (κ2) is 8.52. The molecule has 0 unspecified atom stereocenters. The van der Waals surface area contributed by atoms with Crippen LogP contribution in [0.1, 0.15) is 52.5 Å². The zero-order valence-electron chi connectivity index (χ0n) is 19.2. The fourth-order valence-electron chi connectivity index (χ4n) is 4.93. The Kier molecular flexibility index (Phi) is 5.96. The zero-order chi connectivity index (χ0) is 22.1.